The number of ether oxygens (including phenoxy) is 1. The molecule has 1 aromatic rings. The van der Waals surface area contributed by atoms with Crippen LogP contribution in [0.4, 0.5) is 0 Å². The summed E-state index contributed by atoms with van der Waals surface area (Å²) in [6, 6.07) is 8.09. The van der Waals surface area contributed by atoms with Gasteiger partial charge in [0.25, 0.3) is 0 Å². The highest BCUT2D eigenvalue weighted by Gasteiger charge is 2.45. The van der Waals surface area contributed by atoms with Gasteiger partial charge >= 0.3 is 11.9 Å². The van der Waals surface area contributed by atoms with E-state index >= 15 is 0 Å². The van der Waals surface area contributed by atoms with Crippen LogP contribution in [0.2, 0.25) is 0 Å². The number of carbonyl (C=O) groups is 2. The molecule has 1 aromatic carbocycles. The number of rotatable bonds is 4. The molecule has 0 aliphatic heterocycles. The summed E-state index contributed by atoms with van der Waals surface area (Å²) in [5, 5.41) is 9.41. The summed E-state index contributed by atoms with van der Waals surface area (Å²) in [5.74, 6) is -1.69. The van der Waals surface area contributed by atoms with Gasteiger partial charge in [-0.25, -0.2) is 0 Å². The topological polar surface area (TPSA) is 63.6 Å². The van der Waals surface area contributed by atoms with Crippen molar-refractivity contribution in [3.63, 3.8) is 0 Å². The third-order valence-electron chi connectivity index (χ3n) is 4.26. The van der Waals surface area contributed by atoms with E-state index in [0.29, 0.717) is 0 Å². The van der Waals surface area contributed by atoms with Gasteiger partial charge in [0.2, 0.25) is 0 Å². The van der Waals surface area contributed by atoms with Crippen molar-refractivity contribution in [2.75, 3.05) is 7.11 Å². The maximum atomic E-state index is 11.9. The highest BCUT2D eigenvalue weighted by Crippen LogP contribution is 2.40. The smallest absolute Gasteiger partial charge is 0.322 e. The minimum atomic E-state index is -1.48. The fourth-order valence-electron chi connectivity index (χ4n) is 3.04. The molecule has 0 bridgehead atoms. The Morgan fingerprint density at radius 2 is 2.10 bits per heavy atom. The van der Waals surface area contributed by atoms with Gasteiger partial charge in [-0.2, -0.15) is 0 Å². The van der Waals surface area contributed by atoms with Crippen LogP contribution in [0.5, 0.6) is 0 Å². The standard InChI is InChI=1S/C16H20O4/c1-16(14(17)18,15(19)20-2)10-12-8-5-7-11-6-3-4-9-13(11)12/h3-4,6,9,12H,5,7-8,10H2,1-2H3,(H,17,18). The molecule has 1 aliphatic rings. The molecule has 1 aliphatic carbocycles. The molecule has 2 rings (SSSR count). The predicted octanol–water partition coefficient (Wildman–Crippen LogP) is 2.76. The van der Waals surface area contributed by atoms with Crippen LogP contribution in [-0.4, -0.2) is 24.2 Å². The molecule has 0 radical (unpaired) electrons. The van der Waals surface area contributed by atoms with Crippen LogP contribution < -0.4 is 0 Å². The van der Waals surface area contributed by atoms with Crippen molar-refractivity contribution in [2.45, 2.75) is 38.5 Å². The molecule has 0 saturated carbocycles. The largest absolute Gasteiger partial charge is 0.480 e. The molecule has 0 heterocycles. The zero-order valence-corrected chi connectivity index (χ0v) is 11.9. The molecule has 2 unspecified atom stereocenters. The van der Waals surface area contributed by atoms with Crippen LogP contribution in [0.3, 0.4) is 0 Å². The van der Waals surface area contributed by atoms with Crippen molar-refractivity contribution in [3.8, 4) is 0 Å². The van der Waals surface area contributed by atoms with E-state index in [9.17, 15) is 14.7 Å². The number of carboxylic acid groups (broad SMARTS) is 1. The molecular weight excluding hydrogens is 256 g/mol. The highest BCUT2D eigenvalue weighted by atomic mass is 16.5. The van der Waals surface area contributed by atoms with Gasteiger partial charge in [-0.3, -0.25) is 9.59 Å². The zero-order valence-electron chi connectivity index (χ0n) is 11.9. The van der Waals surface area contributed by atoms with E-state index in [-0.39, 0.29) is 12.3 Å². The summed E-state index contributed by atoms with van der Waals surface area (Å²) in [6.07, 6.45) is 3.25. The second-order valence-electron chi connectivity index (χ2n) is 5.62. The first-order chi connectivity index (χ1) is 9.49. The summed E-state index contributed by atoms with van der Waals surface area (Å²) in [5.41, 5.74) is 0.959. The quantitative estimate of drug-likeness (QED) is 0.678. The molecule has 0 fully saturated rings. The molecule has 0 saturated heterocycles. The average molecular weight is 276 g/mol. The Bertz CT molecular complexity index is 523. The van der Waals surface area contributed by atoms with Crippen LogP contribution in [0, 0.1) is 5.41 Å². The van der Waals surface area contributed by atoms with Gasteiger partial charge in [-0.15, -0.1) is 0 Å². The van der Waals surface area contributed by atoms with Crippen molar-refractivity contribution < 1.29 is 19.4 Å². The molecule has 1 N–H and O–H groups in total. The zero-order chi connectivity index (χ0) is 14.8. The van der Waals surface area contributed by atoms with Crippen LogP contribution in [0.1, 0.15) is 43.2 Å². The van der Waals surface area contributed by atoms with Gasteiger partial charge in [0.15, 0.2) is 5.41 Å². The molecule has 0 amide bonds. The first kappa shape index (κ1) is 14.6. The summed E-state index contributed by atoms with van der Waals surface area (Å²) in [6.45, 7) is 1.46. The summed E-state index contributed by atoms with van der Waals surface area (Å²) < 4.78 is 4.69. The number of benzene rings is 1. The van der Waals surface area contributed by atoms with Crippen molar-refractivity contribution in [1.82, 2.24) is 0 Å². The minimum absolute atomic E-state index is 0.0974. The predicted molar refractivity (Wildman–Crippen MR) is 74.5 cm³/mol. The lowest BCUT2D eigenvalue weighted by Gasteiger charge is -2.31. The Balaban J connectivity index is 2.29. The Kier molecular flexibility index (Phi) is 4.12. The number of carboxylic acids is 1. The lowest BCUT2D eigenvalue weighted by molar-refractivity contribution is -0.166. The molecule has 2 atom stereocenters. The number of aryl methyl sites for hydroxylation is 1. The fraction of sp³-hybridized carbons (Fsp3) is 0.500. The maximum absolute atomic E-state index is 11.9. The number of hydrogen-bond acceptors (Lipinski definition) is 3. The van der Waals surface area contributed by atoms with Crippen LogP contribution in [0.25, 0.3) is 0 Å². The molecular formula is C16H20O4. The van der Waals surface area contributed by atoms with Crippen molar-refractivity contribution >= 4 is 11.9 Å². The number of aliphatic carboxylic acids is 1. The van der Waals surface area contributed by atoms with E-state index < -0.39 is 17.4 Å². The van der Waals surface area contributed by atoms with E-state index in [0.717, 1.165) is 19.3 Å². The van der Waals surface area contributed by atoms with Crippen molar-refractivity contribution in [1.29, 1.82) is 0 Å². The van der Waals surface area contributed by atoms with Crippen LogP contribution in [0.15, 0.2) is 24.3 Å². The van der Waals surface area contributed by atoms with Gasteiger partial charge in [0.1, 0.15) is 0 Å². The number of fused-ring (bicyclic) bond motifs is 1. The summed E-state index contributed by atoms with van der Waals surface area (Å²) >= 11 is 0. The Hall–Kier alpha value is -1.84. The molecule has 0 aromatic heterocycles. The lowest BCUT2D eigenvalue weighted by atomic mass is 9.73. The van der Waals surface area contributed by atoms with E-state index in [4.69, 9.17) is 0 Å². The maximum Gasteiger partial charge on any atom is 0.322 e. The van der Waals surface area contributed by atoms with Crippen molar-refractivity contribution in [2.24, 2.45) is 5.41 Å². The Morgan fingerprint density at radius 3 is 2.75 bits per heavy atom. The van der Waals surface area contributed by atoms with Gasteiger partial charge < -0.3 is 9.84 Å². The number of carbonyl (C=O) groups excluding carboxylic acids is 1. The molecule has 0 spiro atoms. The number of hydrogen-bond donors (Lipinski definition) is 1. The summed E-state index contributed by atoms with van der Waals surface area (Å²) in [7, 11) is 1.23. The highest BCUT2D eigenvalue weighted by molar-refractivity contribution is 5.98. The van der Waals surface area contributed by atoms with Gasteiger partial charge in [0.05, 0.1) is 7.11 Å². The third-order valence-corrected chi connectivity index (χ3v) is 4.26. The Morgan fingerprint density at radius 1 is 1.40 bits per heavy atom. The Labute approximate surface area is 118 Å². The second kappa shape index (κ2) is 5.65. The minimum Gasteiger partial charge on any atom is -0.480 e. The normalized spacial score (nSPS) is 20.6. The number of methoxy groups -OCH3 is 1. The van der Waals surface area contributed by atoms with Crippen molar-refractivity contribution in [3.05, 3.63) is 35.4 Å². The average Bonchev–Trinajstić information content (AvgIpc) is 2.46. The van der Waals surface area contributed by atoms with E-state index in [1.807, 2.05) is 18.2 Å². The van der Waals surface area contributed by atoms with E-state index in [1.54, 1.807) is 0 Å². The van der Waals surface area contributed by atoms with E-state index in [2.05, 4.69) is 10.8 Å². The molecule has 4 heteroatoms. The fourth-order valence-corrected chi connectivity index (χ4v) is 3.04. The SMILES string of the molecule is COC(=O)C(C)(CC1CCCc2ccccc21)C(=O)O. The monoisotopic (exact) mass is 276 g/mol. The molecule has 4 nitrogen and oxygen atoms in total. The lowest BCUT2D eigenvalue weighted by Crippen LogP contribution is -2.39. The van der Waals surface area contributed by atoms with Crippen LogP contribution in [-0.2, 0) is 20.7 Å². The van der Waals surface area contributed by atoms with Gasteiger partial charge in [0, 0.05) is 0 Å². The second-order valence-corrected chi connectivity index (χ2v) is 5.62. The first-order valence-electron chi connectivity index (χ1n) is 6.88. The first-order valence-corrected chi connectivity index (χ1v) is 6.88. The van der Waals surface area contributed by atoms with Crippen LogP contribution >= 0.6 is 0 Å². The van der Waals surface area contributed by atoms with E-state index in [1.165, 1.54) is 25.2 Å². The van der Waals surface area contributed by atoms with Gasteiger partial charge in [-0.1, -0.05) is 24.3 Å². The molecule has 108 valence electrons. The number of esters is 1. The third kappa shape index (κ3) is 2.55. The molecule has 20 heavy (non-hydrogen) atoms. The summed E-state index contributed by atoms with van der Waals surface area (Å²) in [4.78, 5) is 23.4. The van der Waals surface area contributed by atoms with Gasteiger partial charge in [-0.05, 0) is 49.7 Å².